The molecule has 162 valence electrons. The zero-order chi connectivity index (χ0) is 22.5. The highest BCUT2D eigenvalue weighted by Gasteiger charge is 2.19. The van der Waals surface area contributed by atoms with Gasteiger partial charge in [-0.25, -0.2) is 29.7 Å². The third-order valence-electron chi connectivity index (χ3n) is 4.06. The molecule has 0 bridgehead atoms. The van der Waals surface area contributed by atoms with Gasteiger partial charge in [0, 0.05) is 30.9 Å². The van der Waals surface area contributed by atoms with Crippen molar-refractivity contribution in [1.82, 2.24) is 40.0 Å². The minimum absolute atomic E-state index is 0.100. The normalized spacial score (nSPS) is 11.6. The first kappa shape index (κ1) is 21.4. The Morgan fingerprint density at radius 3 is 2.41 bits per heavy atom. The van der Waals surface area contributed by atoms with E-state index in [1.807, 2.05) is 0 Å². The van der Waals surface area contributed by atoms with Crippen LogP contribution in [0.2, 0.25) is 10.0 Å². The van der Waals surface area contributed by atoms with Gasteiger partial charge >= 0.3 is 12.0 Å². The topological polar surface area (TPSA) is 133 Å². The minimum Gasteiger partial charge on any atom is -0.423 e. The number of ether oxygens (including phenoxy) is 1. The van der Waals surface area contributed by atoms with Gasteiger partial charge in [0.05, 0.1) is 21.8 Å². The zero-order valence-corrected chi connectivity index (χ0v) is 18.0. The molecule has 3 heterocycles. The Morgan fingerprint density at radius 1 is 1.00 bits per heavy atom. The van der Waals surface area contributed by atoms with Gasteiger partial charge in [-0.1, -0.05) is 23.2 Å². The van der Waals surface area contributed by atoms with Crippen LogP contribution in [0, 0.1) is 0 Å². The molecule has 0 saturated heterocycles. The number of carbonyl (C=O) groups excluding carboxylic acids is 1. The molecular formula is C19H15Cl2N9O2. The molecule has 2 amide bonds. The summed E-state index contributed by atoms with van der Waals surface area (Å²) < 4.78 is 7.01. The fraction of sp³-hybridized carbons (Fsp3) is 0.105. The van der Waals surface area contributed by atoms with Gasteiger partial charge in [0.1, 0.15) is 6.33 Å². The van der Waals surface area contributed by atoms with E-state index >= 15 is 0 Å². The first-order valence-electron chi connectivity index (χ1n) is 9.20. The van der Waals surface area contributed by atoms with Crippen molar-refractivity contribution in [3.63, 3.8) is 0 Å². The van der Waals surface area contributed by atoms with Crippen molar-refractivity contribution >= 4 is 34.9 Å². The summed E-state index contributed by atoms with van der Waals surface area (Å²) in [6, 6.07) is 5.30. The van der Waals surface area contributed by atoms with Crippen molar-refractivity contribution in [2.75, 3.05) is 5.32 Å². The Hall–Kier alpha value is -3.83. The number of urea groups is 1. The lowest BCUT2D eigenvalue weighted by Crippen LogP contribution is -2.32. The van der Waals surface area contributed by atoms with Crippen LogP contribution in [0.15, 0.2) is 55.4 Å². The molecule has 11 nitrogen and oxygen atoms in total. The van der Waals surface area contributed by atoms with Crippen LogP contribution in [0.4, 0.5) is 10.5 Å². The van der Waals surface area contributed by atoms with Crippen LogP contribution in [0.1, 0.15) is 18.8 Å². The molecular weight excluding hydrogens is 457 g/mol. The van der Waals surface area contributed by atoms with E-state index in [2.05, 4.69) is 40.7 Å². The van der Waals surface area contributed by atoms with Crippen LogP contribution in [-0.2, 0) is 0 Å². The van der Waals surface area contributed by atoms with Crippen LogP contribution in [0.5, 0.6) is 11.8 Å². The van der Waals surface area contributed by atoms with Crippen LogP contribution in [0.25, 0.3) is 5.95 Å². The zero-order valence-electron chi connectivity index (χ0n) is 16.5. The number of nitrogens with zero attached hydrogens (tertiary/aromatic N) is 7. The Kier molecular flexibility index (Phi) is 6.38. The number of carbonyl (C=O) groups is 1. The van der Waals surface area contributed by atoms with Crippen LogP contribution in [-0.4, -0.2) is 40.7 Å². The fourth-order valence-electron chi connectivity index (χ4n) is 2.66. The maximum absolute atomic E-state index is 12.6. The third-order valence-corrected chi connectivity index (χ3v) is 4.67. The molecule has 1 aromatic carbocycles. The van der Waals surface area contributed by atoms with Gasteiger partial charge in [-0.15, -0.1) is 0 Å². The molecule has 0 radical (unpaired) electrons. The van der Waals surface area contributed by atoms with E-state index in [0.29, 0.717) is 11.8 Å². The second-order valence-electron chi connectivity index (χ2n) is 6.29. The number of aromatic nitrogens is 7. The van der Waals surface area contributed by atoms with Crippen LogP contribution >= 0.6 is 23.2 Å². The number of amides is 2. The van der Waals surface area contributed by atoms with Crippen molar-refractivity contribution in [3.05, 3.63) is 71.2 Å². The monoisotopic (exact) mass is 471 g/mol. The molecule has 0 saturated carbocycles. The summed E-state index contributed by atoms with van der Waals surface area (Å²) in [5.74, 6) is 1.00. The van der Waals surface area contributed by atoms with E-state index in [1.165, 1.54) is 35.5 Å². The van der Waals surface area contributed by atoms with Gasteiger partial charge in [0.25, 0.3) is 5.95 Å². The summed E-state index contributed by atoms with van der Waals surface area (Å²) in [6.07, 6.45) is 7.58. The molecule has 13 heteroatoms. The summed E-state index contributed by atoms with van der Waals surface area (Å²) in [6.45, 7) is 1.74. The smallest absolute Gasteiger partial charge is 0.321 e. The number of nitrogens with one attached hydrogen (secondary N) is 2. The van der Waals surface area contributed by atoms with E-state index in [4.69, 9.17) is 27.9 Å². The van der Waals surface area contributed by atoms with Gasteiger partial charge in [0.2, 0.25) is 0 Å². The Bertz CT molecular complexity index is 1220. The number of anilines is 1. The molecule has 0 unspecified atom stereocenters. The molecule has 0 aliphatic heterocycles. The molecule has 4 aromatic rings. The summed E-state index contributed by atoms with van der Waals surface area (Å²) >= 11 is 12.4. The van der Waals surface area contributed by atoms with E-state index < -0.39 is 12.1 Å². The van der Waals surface area contributed by atoms with Gasteiger partial charge in [-0.3, -0.25) is 0 Å². The molecule has 2 N–H and O–H groups in total. The quantitative estimate of drug-likeness (QED) is 0.433. The third kappa shape index (κ3) is 4.90. The number of halogens is 2. The molecule has 0 spiro atoms. The molecule has 3 aromatic heterocycles. The first-order chi connectivity index (χ1) is 15.5. The lowest BCUT2D eigenvalue weighted by atomic mass is 10.3. The number of benzene rings is 1. The van der Waals surface area contributed by atoms with Crippen molar-refractivity contribution in [2.24, 2.45) is 0 Å². The summed E-state index contributed by atoms with van der Waals surface area (Å²) in [5.41, 5.74) is 0.277. The fourth-order valence-corrected chi connectivity index (χ4v) is 3.13. The lowest BCUT2D eigenvalue weighted by Gasteiger charge is -2.16. The highest BCUT2D eigenvalue weighted by atomic mass is 35.5. The SMILES string of the molecule is C[C@H](NC(=O)Nc1cc(Oc2ncccn2)c(Cl)cc1Cl)c1ncnn1-c1ncccn1. The molecule has 4 rings (SSSR count). The largest absolute Gasteiger partial charge is 0.423 e. The molecule has 32 heavy (non-hydrogen) atoms. The Morgan fingerprint density at radius 2 is 1.69 bits per heavy atom. The van der Waals surface area contributed by atoms with Crippen molar-refractivity contribution in [1.29, 1.82) is 0 Å². The second-order valence-corrected chi connectivity index (χ2v) is 7.11. The number of hydrogen-bond donors (Lipinski definition) is 2. The first-order valence-corrected chi connectivity index (χ1v) is 9.95. The van der Waals surface area contributed by atoms with Crippen molar-refractivity contribution < 1.29 is 9.53 Å². The average molecular weight is 472 g/mol. The highest BCUT2D eigenvalue weighted by Crippen LogP contribution is 2.36. The van der Waals surface area contributed by atoms with Gasteiger partial charge in [0.15, 0.2) is 11.6 Å². The highest BCUT2D eigenvalue weighted by molar-refractivity contribution is 6.37. The average Bonchev–Trinajstić information content (AvgIpc) is 3.28. The molecule has 1 atom stereocenters. The molecule has 0 aliphatic rings. The van der Waals surface area contributed by atoms with Gasteiger partial charge in [-0.05, 0) is 25.1 Å². The van der Waals surface area contributed by atoms with Gasteiger partial charge < -0.3 is 15.4 Å². The van der Waals surface area contributed by atoms with E-state index in [9.17, 15) is 4.79 Å². The van der Waals surface area contributed by atoms with Crippen molar-refractivity contribution in [2.45, 2.75) is 13.0 Å². The Balaban J connectivity index is 1.48. The standard InChI is InChI=1S/C19H15Cl2N9O2/c1-11(16-26-10-27-30(16)17-22-4-2-5-23-17)28-18(31)29-14-9-15(13(21)8-12(14)20)32-19-24-6-3-7-25-19/h2-11H,1H3,(H2,28,29,31)/t11-/m0/s1. The predicted octanol–water partition coefficient (Wildman–Crippen LogP) is 3.83. The van der Waals surface area contributed by atoms with Crippen LogP contribution < -0.4 is 15.4 Å². The minimum atomic E-state index is -0.535. The summed E-state index contributed by atoms with van der Waals surface area (Å²) in [4.78, 5) is 33.0. The predicted molar refractivity (Wildman–Crippen MR) is 116 cm³/mol. The maximum atomic E-state index is 12.6. The lowest BCUT2D eigenvalue weighted by molar-refractivity contribution is 0.248. The van der Waals surface area contributed by atoms with E-state index in [0.717, 1.165) is 0 Å². The summed E-state index contributed by atoms with van der Waals surface area (Å²) in [5, 5.41) is 10.0. The van der Waals surface area contributed by atoms with E-state index in [-0.39, 0.29) is 27.5 Å². The van der Waals surface area contributed by atoms with Gasteiger partial charge in [-0.2, -0.15) is 9.78 Å². The van der Waals surface area contributed by atoms with E-state index in [1.54, 1.807) is 31.5 Å². The molecule has 0 fully saturated rings. The number of rotatable bonds is 6. The summed E-state index contributed by atoms with van der Waals surface area (Å²) in [7, 11) is 0. The molecule has 0 aliphatic carbocycles. The second kappa shape index (κ2) is 9.54. The van der Waals surface area contributed by atoms with Crippen LogP contribution in [0.3, 0.4) is 0 Å². The van der Waals surface area contributed by atoms with Crippen molar-refractivity contribution in [3.8, 4) is 17.7 Å². The maximum Gasteiger partial charge on any atom is 0.321 e. The number of hydrogen-bond acceptors (Lipinski definition) is 8. The Labute approximate surface area is 191 Å².